The van der Waals surface area contributed by atoms with Gasteiger partial charge in [-0.15, -0.1) is 0 Å². The molecule has 1 N–H and O–H groups in total. The largest absolute Gasteiger partial charge is 0.325 e. The lowest BCUT2D eigenvalue weighted by molar-refractivity contribution is -0.140. The Bertz CT molecular complexity index is 522. The Morgan fingerprint density at radius 2 is 2.00 bits per heavy atom. The maximum Gasteiger partial charge on any atom is 0.271 e. The van der Waals surface area contributed by atoms with E-state index in [4.69, 9.17) is 0 Å². The summed E-state index contributed by atoms with van der Waals surface area (Å²) in [5.41, 5.74) is 1.29. The number of fused-ring (bicyclic) bond motifs is 1. The van der Waals surface area contributed by atoms with Gasteiger partial charge in [0.25, 0.3) is 5.91 Å². The molecule has 2 saturated heterocycles. The van der Waals surface area contributed by atoms with E-state index in [1.54, 1.807) is 11.0 Å². The van der Waals surface area contributed by atoms with Gasteiger partial charge in [-0.25, -0.2) is 0 Å². The Balaban J connectivity index is 1.91. The van der Waals surface area contributed by atoms with Gasteiger partial charge < -0.3 is 10.2 Å². The third-order valence-electron chi connectivity index (χ3n) is 3.42. The third kappa shape index (κ3) is 1.79. The summed E-state index contributed by atoms with van der Waals surface area (Å²) in [4.78, 5) is 25.8. The molecule has 0 radical (unpaired) electrons. The van der Waals surface area contributed by atoms with Gasteiger partial charge in [0, 0.05) is 6.54 Å². The number of hydrogen-bond donors (Lipinski definition) is 1. The van der Waals surface area contributed by atoms with Crippen molar-refractivity contribution in [3.63, 3.8) is 0 Å². The molecule has 1 unspecified atom stereocenters. The number of nitrogens with zero attached hydrogens (tertiary/aromatic N) is 1. The lowest BCUT2D eigenvalue weighted by Gasteiger charge is -2.30. The molecule has 1 atom stereocenters. The van der Waals surface area contributed by atoms with E-state index in [1.165, 1.54) is 0 Å². The van der Waals surface area contributed by atoms with Gasteiger partial charge in [0.1, 0.15) is 11.7 Å². The van der Waals surface area contributed by atoms with Crippen LogP contribution in [0.3, 0.4) is 0 Å². The summed E-state index contributed by atoms with van der Waals surface area (Å²) in [5, 5.41) is 2.72. The Morgan fingerprint density at radius 1 is 1.22 bits per heavy atom. The first kappa shape index (κ1) is 11.0. The number of benzene rings is 1. The predicted octanol–water partition coefficient (Wildman–Crippen LogP) is 1.15. The Labute approximate surface area is 105 Å². The van der Waals surface area contributed by atoms with Crippen LogP contribution in [0.1, 0.15) is 18.4 Å². The maximum absolute atomic E-state index is 12.2. The Kier molecular flexibility index (Phi) is 2.63. The Hall–Kier alpha value is -2.10. The number of rotatable bonds is 1. The molecular weight excluding hydrogens is 228 g/mol. The topological polar surface area (TPSA) is 49.4 Å². The second kappa shape index (κ2) is 4.29. The van der Waals surface area contributed by atoms with Crippen molar-refractivity contribution in [1.29, 1.82) is 0 Å². The van der Waals surface area contributed by atoms with Crippen LogP contribution in [0, 0.1) is 0 Å². The molecule has 0 aliphatic carbocycles. The lowest BCUT2D eigenvalue weighted by Crippen LogP contribution is -2.53. The first-order valence-corrected chi connectivity index (χ1v) is 6.14. The highest BCUT2D eigenvalue weighted by molar-refractivity contribution is 6.07. The van der Waals surface area contributed by atoms with Crippen molar-refractivity contribution in [2.45, 2.75) is 18.9 Å². The first-order chi connectivity index (χ1) is 8.75. The standard InChI is InChI=1S/C14H14N2O2/c17-13-12-7-4-8-16(12)14(18)11(15-13)9-10-5-2-1-3-6-10/h1-3,5-6,9,12H,4,7-8H2,(H,15,17)/b11-9+. The lowest BCUT2D eigenvalue weighted by atomic mass is 10.1. The van der Waals surface area contributed by atoms with Crippen LogP contribution in [-0.2, 0) is 9.59 Å². The smallest absolute Gasteiger partial charge is 0.271 e. The zero-order valence-electron chi connectivity index (χ0n) is 9.93. The van der Waals surface area contributed by atoms with Gasteiger partial charge in [0.15, 0.2) is 0 Å². The summed E-state index contributed by atoms with van der Waals surface area (Å²) in [6.07, 6.45) is 3.41. The molecule has 4 heteroatoms. The van der Waals surface area contributed by atoms with Crippen molar-refractivity contribution >= 4 is 17.9 Å². The van der Waals surface area contributed by atoms with E-state index < -0.39 is 0 Å². The van der Waals surface area contributed by atoms with Gasteiger partial charge in [-0.2, -0.15) is 0 Å². The number of hydrogen-bond acceptors (Lipinski definition) is 2. The third-order valence-corrected chi connectivity index (χ3v) is 3.42. The molecule has 0 aromatic heterocycles. The van der Waals surface area contributed by atoms with Crippen LogP contribution in [0.15, 0.2) is 36.0 Å². The van der Waals surface area contributed by atoms with E-state index in [1.807, 2.05) is 30.3 Å². The summed E-state index contributed by atoms with van der Waals surface area (Å²) in [5.74, 6) is -0.129. The van der Waals surface area contributed by atoms with Gasteiger partial charge in [0.05, 0.1) is 0 Å². The van der Waals surface area contributed by atoms with E-state index >= 15 is 0 Å². The van der Waals surface area contributed by atoms with E-state index in [0.717, 1.165) is 18.4 Å². The van der Waals surface area contributed by atoms with Crippen LogP contribution in [0.4, 0.5) is 0 Å². The van der Waals surface area contributed by atoms with Gasteiger partial charge in [-0.1, -0.05) is 30.3 Å². The number of nitrogens with one attached hydrogen (secondary N) is 1. The average molecular weight is 242 g/mol. The Morgan fingerprint density at radius 3 is 2.78 bits per heavy atom. The zero-order valence-corrected chi connectivity index (χ0v) is 9.93. The highest BCUT2D eigenvalue weighted by Gasteiger charge is 2.40. The highest BCUT2D eigenvalue weighted by atomic mass is 16.2. The minimum atomic E-state index is -0.259. The fourth-order valence-corrected chi connectivity index (χ4v) is 2.52. The summed E-state index contributed by atoms with van der Waals surface area (Å²) >= 11 is 0. The van der Waals surface area contributed by atoms with E-state index in [2.05, 4.69) is 5.32 Å². The van der Waals surface area contributed by atoms with Crippen molar-refractivity contribution < 1.29 is 9.59 Å². The summed E-state index contributed by atoms with van der Waals surface area (Å²) in [7, 11) is 0. The molecular formula is C14H14N2O2. The van der Waals surface area contributed by atoms with Crippen molar-refractivity contribution in [1.82, 2.24) is 10.2 Å². The molecule has 2 aliphatic rings. The minimum absolute atomic E-state index is 0.0609. The minimum Gasteiger partial charge on any atom is -0.325 e. The van der Waals surface area contributed by atoms with Crippen molar-refractivity contribution in [2.24, 2.45) is 0 Å². The first-order valence-electron chi connectivity index (χ1n) is 6.14. The van der Waals surface area contributed by atoms with Gasteiger partial charge in [-0.05, 0) is 24.5 Å². The number of carbonyl (C=O) groups excluding carboxylic acids is 2. The van der Waals surface area contributed by atoms with Crippen LogP contribution in [0.2, 0.25) is 0 Å². The molecule has 0 saturated carbocycles. The SMILES string of the molecule is O=C1N/C(=C/c2ccccc2)C(=O)N2CCCC12. The van der Waals surface area contributed by atoms with E-state index in [0.29, 0.717) is 12.2 Å². The van der Waals surface area contributed by atoms with Crippen LogP contribution < -0.4 is 5.32 Å². The van der Waals surface area contributed by atoms with Gasteiger partial charge in [0.2, 0.25) is 5.91 Å². The molecule has 1 aromatic rings. The zero-order chi connectivity index (χ0) is 12.5. The normalized spacial score (nSPS) is 25.2. The molecule has 1 aromatic carbocycles. The number of carbonyl (C=O) groups is 2. The molecule has 3 rings (SSSR count). The van der Waals surface area contributed by atoms with Crippen LogP contribution >= 0.6 is 0 Å². The second-order valence-corrected chi connectivity index (χ2v) is 4.61. The predicted molar refractivity (Wildman–Crippen MR) is 67.3 cm³/mol. The average Bonchev–Trinajstić information content (AvgIpc) is 2.87. The van der Waals surface area contributed by atoms with Crippen LogP contribution in [0.25, 0.3) is 6.08 Å². The molecule has 0 spiro atoms. The van der Waals surface area contributed by atoms with Crippen molar-refractivity contribution in [3.05, 3.63) is 41.6 Å². The molecule has 18 heavy (non-hydrogen) atoms. The molecule has 92 valence electrons. The molecule has 4 nitrogen and oxygen atoms in total. The monoisotopic (exact) mass is 242 g/mol. The molecule has 0 bridgehead atoms. The van der Waals surface area contributed by atoms with E-state index in [9.17, 15) is 9.59 Å². The molecule has 2 fully saturated rings. The fraction of sp³-hybridized carbons (Fsp3) is 0.286. The summed E-state index contributed by atoms with van der Waals surface area (Å²) < 4.78 is 0. The molecule has 2 amide bonds. The van der Waals surface area contributed by atoms with Crippen LogP contribution in [-0.4, -0.2) is 29.3 Å². The van der Waals surface area contributed by atoms with Gasteiger partial charge >= 0.3 is 0 Å². The molecule has 2 aliphatic heterocycles. The van der Waals surface area contributed by atoms with E-state index in [-0.39, 0.29) is 17.9 Å². The van der Waals surface area contributed by atoms with Crippen molar-refractivity contribution in [2.75, 3.05) is 6.54 Å². The molecule has 2 heterocycles. The fourth-order valence-electron chi connectivity index (χ4n) is 2.52. The van der Waals surface area contributed by atoms with Crippen LogP contribution in [0.5, 0.6) is 0 Å². The summed E-state index contributed by atoms with van der Waals surface area (Å²) in [6, 6.07) is 9.27. The maximum atomic E-state index is 12.2. The number of amides is 2. The summed E-state index contributed by atoms with van der Waals surface area (Å²) in [6.45, 7) is 0.684. The number of piperazine rings is 1. The van der Waals surface area contributed by atoms with Crippen molar-refractivity contribution in [3.8, 4) is 0 Å². The quantitative estimate of drug-likeness (QED) is 0.751. The highest BCUT2D eigenvalue weighted by Crippen LogP contribution is 2.24. The second-order valence-electron chi connectivity index (χ2n) is 4.61. The van der Waals surface area contributed by atoms with Gasteiger partial charge in [-0.3, -0.25) is 9.59 Å².